The van der Waals surface area contributed by atoms with Crippen LogP contribution in [0.1, 0.15) is 24.8 Å². The molecule has 2 atom stereocenters. The lowest BCUT2D eigenvalue weighted by atomic mass is 10.1. The van der Waals surface area contributed by atoms with E-state index in [-0.39, 0.29) is 35.8 Å². The summed E-state index contributed by atoms with van der Waals surface area (Å²) in [4.78, 5) is 12.0. The van der Waals surface area contributed by atoms with Crippen LogP contribution in [0.15, 0.2) is 24.3 Å². The van der Waals surface area contributed by atoms with Crippen LogP contribution in [-0.4, -0.2) is 39.5 Å². The zero-order valence-corrected chi connectivity index (χ0v) is 13.2. The number of rotatable bonds is 7. The molecule has 0 saturated heterocycles. The predicted octanol–water partition coefficient (Wildman–Crippen LogP) is 1.35. The number of hydrogen-bond acceptors (Lipinski definition) is 4. The zero-order valence-electron chi connectivity index (χ0n) is 12.3. The molecule has 0 bridgehead atoms. The standard InChI is InChI=1S/C15H21NO4S/c1-3-21(18,19)9-8-16-15(17)13-10-12(13)11-6-4-5-7-14(11)20-2/h4-7,12-13H,3,8-10H2,1-2H3,(H,16,17). The van der Waals surface area contributed by atoms with Gasteiger partial charge in [-0.1, -0.05) is 25.1 Å². The summed E-state index contributed by atoms with van der Waals surface area (Å²) in [5.74, 6) is 0.926. The number of hydrogen-bond donors (Lipinski definition) is 1. The molecule has 1 aromatic rings. The average molecular weight is 311 g/mol. The van der Waals surface area contributed by atoms with Crippen molar-refractivity contribution in [2.75, 3.05) is 25.2 Å². The van der Waals surface area contributed by atoms with E-state index in [4.69, 9.17) is 4.74 Å². The number of ether oxygens (including phenoxy) is 1. The normalized spacial score (nSPS) is 20.9. The average Bonchev–Trinajstić information content (AvgIpc) is 3.27. The van der Waals surface area contributed by atoms with Gasteiger partial charge in [-0.25, -0.2) is 8.42 Å². The van der Waals surface area contributed by atoms with Crippen LogP contribution in [0.4, 0.5) is 0 Å². The lowest BCUT2D eigenvalue weighted by molar-refractivity contribution is -0.122. The molecule has 0 heterocycles. The molecule has 2 rings (SSSR count). The Hall–Kier alpha value is -1.56. The Morgan fingerprint density at radius 3 is 2.76 bits per heavy atom. The molecule has 1 amide bonds. The Morgan fingerprint density at radius 2 is 2.10 bits per heavy atom. The van der Waals surface area contributed by atoms with Gasteiger partial charge in [-0.05, 0) is 24.0 Å². The van der Waals surface area contributed by atoms with Crippen LogP contribution in [0.25, 0.3) is 0 Å². The molecular weight excluding hydrogens is 290 g/mol. The molecule has 6 heteroatoms. The number of para-hydroxylation sites is 1. The SMILES string of the molecule is CCS(=O)(=O)CCNC(=O)C1CC1c1ccccc1OC. The third-order valence-corrected chi connectivity index (χ3v) is 5.52. The molecule has 1 aromatic carbocycles. The van der Waals surface area contributed by atoms with E-state index in [1.807, 2.05) is 24.3 Å². The van der Waals surface area contributed by atoms with E-state index >= 15 is 0 Å². The van der Waals surface area contributed by atoms with Crippen molar-refractivity contribution in [2.45, 2.75) is 19.3 Å². The fraction of sp³-hybridized carbons (Fsp3) is 0.533. The highest BCUT2D eigenvalue weighted by Crippen LogP contribution is 2.50. The highest BCUT2D eigenvalue weighted by molar-refractivity contribution is 7.91. The van der Waals surface area contributed by atoms with E-state index in [1.54, 1.807) is 14.0 Å². The summed E-state index contributed by atoms with van der Waals surface area (Å²) in [6.07, 6.45) is 0.784. The van der Waals surface area contributed by atoms with Crippen molar-refractivity contribution in [1.29, 1.82) is 0 Å². The summed E-state index contributed by atoms with van der Waals surface area (Å²) in [6, 6.07) is 7.68. The first-order valence-corrected chi connectivity index (χ1v) is 8.91. The molecule has 0 aromatic heterocycles. The maximum absolute atomic E-state index is 12.0. The van der Waals surface area contributed by atoms with Gasteiger partial charge in [-0.3, -0.25) is 4.79 Å². The van der Waals surface area contributed by atoms with Crippen molar-refractivity contribution in [3.63, 3.8) is 0 Å². The lowest BCUT2D eigenvalue weighted by Crippen LogP contribution is -2.31. The predicted molar refractivity (Wildman–Crippen MR) is 81.2 cm³/mol. The summed E-state index contributed by atoms with van der Waals surface area (Å²) < 4.78 is 28.0. The number of benzene rings is 1. The van der Waals surface area contributed by atoms with Gasteiger partial charge in [-0.2, -0.15) is 0 Å². The van der Waals surface area contributed by atoms with Gasteiger partial charge in [0.2, 0.25) is 5.91 Å². The van der Waals surface area contributed by atoms with Crippen LogP contribution < -0.4 is 10.1 Å². The summed E-state index contributed by atoms with van der Waals surface area (Å²) in [7, 11) is -1.41. The lowest BCUT2D eigenvalue weighted by Gasteiger charge is -2.08. The number of nitrogens with one attached hydrogen (secondary N) is 1. The minimum Gasteiger partial charge on any atom is -0.496 e. The van der Waals surface area contributed by atoms with Gasteiger partial charge >= 0.3 is 0 Å². The first kappa shape index (κ1) is 15.8. The van der Waals surface area contributed by atoms with Gasteiger partial charge in [-0.15, -0.1) is 0 Å². The Morgan fingerprint density at radius 1 is 1.38 bits per heavy atom. The zero-order chi connectivity index (χ0) is 15.5. The van der Waals surface area contributed by atoms with Gasteiger partial charge in [0.25, 0.3) is 0 Å². The molecule has 116 valence electrons. The quantitative estimate of drug-likeness (QED) is 0.825. The smallest absolute Gasteiger partial charge is 0.223 e. The molecule has 1 fully saturated rings. The first-order valence-electron chi connectivity index (χ1n) is 7.09. The maximum atomic E-state index is 12.0. The highest BCUT2D eigenvalue weighted by Gasteiger charge is 2.45. The maximum Gasteiger partial charge on any atom is 0.223 e. The van der Waals surface area contributed by atoms with Crippen LogP contribution in [0, 0.1) is 5.92 Å². The minimum atomic E-state index is -3.03. The van der Waals surface area contributed by atoms with E-state index in [1.165, 1.54) is 0 Å². The fourth-order valence-electron chi connectivity index (χ4n) is 2.41. The summed E-state index contributed by atoms with van der Waals surface area (Å²) in [5, 5.41) is 2.71. The largest absolute Gasteiger partial charge is 0.496 e. The van der Waals surface area contributed by atoms with Crippen LogP contribution in [0.2, 0.25) is 0 Å². The van der Waals surface area contributed by atoms with Crippen molar-refractivity contribution in [2.24, 2.45) is 5.92 Å². The Bertz CT molecular complexity index is 612. The van der Waals surface area contributed by atoms with E-state index in [0.29, 0.717) is 0 Å². The second kappa shape index (κ2) is 6.47. The highest BCUT2D eigenvalue weighted by atomic mass is 32.2. The molecule has 1 aliphatic rings. The van der Waals surface area contributed by atoms with E-state index < -0.39 is 9.84 Å². The van der Waals surface area contributed by atoms with E-state index in [2.05, 4.69) is 5.32 Å². The number of carbonyl (C=O) groups is 1. The van der Waals surface area contributed by atoms with Crippen LogP contribution in [0.3, 0.4) is 0 Å². The molecule has 0 radical (unpaired) electrons. The molecule has 21 heavy (non-hydrogen) atoms. The van der Waals surface area contributed by atoms with Gasteiger partial charge in [0.1, 0.15) is 5.75 Å². The number of methoxy groups -OCH3 is 1. The van der Waals surface area contributed by atoms with E-state index in [0.717, 1.165) is 17.7 Å². The topological polar surface area (TPSA) is 72.5 Å². The molecule has 5 nitrogen and oxygen atoms in total. The van der Waals surface area contributed by atoms with E-state index in [9.17, 15) is 13.2 Å². The number of carbonyl (C=O) groups excluding carboxylic acids is 1. The summed E-state index contributed by atoms with van der Waals surface area (Å²) in [5.41, 5.74) is 1.04. The second-order valence-electron chi connectivity index (χ2n) is 5.22. The van der Waals surface area contributed by atoms with Crippen LogP contribution >= 0.6 is 0 Å². The van der Waals surface area contributed by atoms with Gasteiger partial charge in [0.05, 0.1) is 12.9 Å². The van der Waals surface area contributed by atoms with Crippen molar-refractivity contribution >= 4 is 15.7 Å². The van der Waals surface area contributed by atoms with Crippen LogP contribution in [-0.2, 0) is 14.6 Å². The van der Waals surface area contributed by atoms with Gasteiger partial charge in [0, 0.05) is 18.2 Å². The summed E-state index contributed by atoms with van der Waals surface area (Å²) >= 11 is 0. The molecule has 0 spiro atoms. The molecule has 0 aliphatic heterocycles. The third kappa shape index (κ3) is 3.97. The van der Waals surface area contributed by atoms with Crippen molar-refractivity contribution in [3.05, 3.63) is 29.8 Å². The molecule has 1 saturated carbocycles. The van der Waals surface area contributed by atoms with Crippen molar-refractivity contribution in [1.82, 2.24) is 5.32 Å². The molecular formula is C15H21NO4S. The Balaban J connectivity index is 1.87. The third-order valence-electron chi connectivity index (χ3n) is 3.82. The molecule has 1 N–H and O–H groups in total. The Kier molecular flexibility index (Phi) is 4.88. The minimum absolute atomic E-state index is 0.00127. The number of amides is 1. The molecule has 1 aliphatic carbocycles. The Labute approximate surface area is 125 Å². The monoisotopic (exact) mass is 311 g/mol. The van der Waals surface area contributed by atoms with Crippen molar-refractivity contribution < 1.29 is 17.9 Å². The van der Waals surface area contributed by atoms with Crippen molar-refractivity contribution in [3.8, 4) is 5.75 Å². The fourth-order valence-corrected chi connectivity index (χ4v) is 3.11. The second-order valence-corrected chi connectivity index (χ2v) is 7.69. The van der Waals surface area contributed by atoms with Gasteiger partial charge in [0.15, 0.2) is 9.84 Å². The van der Waals surface area contributed by atoms with Crippen LogP contribution in [0.5, 0.6) is 5.75 Å². The number of sulfone groups is 1. The molecule has 2 unspecified atom stereocenters. The first-order chi connectivity index (χ1) is 9.98. The van der Waals surface area contributed by atoms with Gasteiger partial charge < -0.3 is 10.1 Å². The summed E-state index contributed by atoms with van der Waals surface area (Å²) in [6.45, 7) is 1.79.